The molecule has 0 unspecified atom stereocenters. The Morgan fingerprint density at radius 3 is 2.19 bits per heavy atom. The molecule has 1 aromatic carbocycles. The number of hydrogen-bond acceptors (Lipinski definition) is 4. The third-order valence-corrected chi connectivity index (χ3v) is 4.17. The van der Waals surface area contributed by atoms with Crippen molar-refractivity contribution >= 4 is 17.6 Å². The molecule has 5 heteroatoms. The van der Waals surface area contributed by atoms with Gasteiger partial charge in [-0.15, -0.1) is 0 Å². The minimum Gasteiger partial charge on any atom is -0.465 e. The highest BCUT2D eigenvalue weighted by Crippen LogP contribution is 2.31. The Hall–Kier alpha value is -2.04. The summed E-state index contributed by atoms with van der Waals surface area (Å²) in [5.74, 6) is 0.313. The maximum atomic E-state index is 12.0. The van der Waals surface area contributed by atoms with E-state index < -0.39 is 0 Å². The van der Waals surface area contributed by atoms with Gasteiger partial charge >= 0.3 is 5.97 Å². The normalized spacial score (nSPS) is 18.5. The van der Waals surface area contributed by atoms with Crippen LogP contribution in [-0.4, -0.2) is 50.1 Å². The van der Waals surface area contributed by atoms with Gasteiger partial charge in [0.25, 0.3) is 0 Å². The van der Waals surface area contributed by atoms with Crippen molar-refractivity contribution in [2.75, 3.05) is 38.2 Å². The van der Waals surface area contributed by atoms with Gasteiger partial charge in [-0.25, -0.2) is 4.79 Å². The van der Waals surface area contributed by atoms with Crippen LogP contribution in [0.2, 0.25) is 0 Å². The molecule has 1 aliphatic carbocycles. The fourth-order valence-electron chi connectivity index (χ4n) is 2.70. The Morgan fingerprint density at radius 2 is 1.67 bits per heavy atom. The fourth-order valence-corrected chi connectivity index (χ4v) is 2.70. The summed E-state index contributed by atoms with van der Waals surface area (Å²) in [6.45, 7) is 3.26. The van der Waals surface area contributed by atoms with Crippen LogP contribution < -0.4 is 4.90 Å². The second-order valence-electron chi connectivity index (χ2n) is 5.63. The van der Waals surface area contributed by atoms with E-state index in [2.05, 4.69) is 4.90 Å². The number of amides is 1. The van der Waals surface area contributed by atoms with Gasteiger partial charge in [0, 0.05) is 37.8 Å². The van der Waals surface area contributed by atoms with Crippen LogP contribution >= 0.6 is 0 Å². The predicted octanol–water partition coefficient (Wildman–Crippen LogP) is 1.53. The molecule has 0 radical (unpaired) electrons. The lowest BCUT2D eigenvalue weighted by Crippen LogP contribution is -2.49. The van der Waals surface area contributed by atoms with Gasteiger partial charge in [0.05, 0.1) is 12.7 Å². The van der Waals surface area contributed by atoms with E-state index in [-0.39, 0.29) is 5.97 Å². The predicted molar refractivity (Wildman–Crippen MR) is 79.3 cm³/mol. The first-order valence-corrected chi connectivity index (χ1v) is 7.41. The molecule has 1 heterocycles. The first kappa shape index (κ1) is 13.9. The zero-order valence-electron chi connectivity index (χ0n) is 12.2. The lowest BCUT2D eigenvalue weighted by Gasteiger charge is -2.36. The molecular weight excluding hydrogens is 268 g/mol. The number of rotatable bonds is 3. The molecule has 0 atom stereocenters. The van der Waals surface area contributed by atoms with Crippen LogP contribution in [0.4, 0.5) is 5.69 Å². The van der Waals surface area contributed by atoms with Crippen molar-refractivity contribution in [2.45, 2.75) is 12.8 Å². The smallest absolute Gasteiger partial charge is 0.337 e. The van der Waals surface area contributed by atoms with Gasteiger partial charge < -0.3 is 14.5 Å². The Kier molecular flexibility index (Phi) is 3.82. The van der Waals surface area contributed by atoms with Crippen molar-refractivity contribution in [1.82, 2.24) is 4.90 Å². The maximum absolute atomic E-state index is 12.0. The van der Waals surface area contributed by atoms with Crippen LogP contribution in [0.3, 0.4) is 0 Å². The summed E-state index contributed by atoms with van der Waals surface area (Å²) >= 11 is 0. The molecule has 1 saturated heterocycles. The summed E-state index contributed by atoms with van der Waals surface area (Å²) in [6, 6.07) is 7.43. The van der Waals surface area contributed by atoms with Crippen LogP contribution in [0.25, 0.3) is 0 Å². The Balaban J connectivity index is 1.58. The molecule has 0 N–H and O–H groups in total. The summed E-state index contributed by atoms with van der Waals surface area (Å²) in [5.41, 5.74) is 1.64. The van der Waals surface area contributed by atoms with E-state index in [9.17, 15) is 9.59 Å². The van der Waals surface area contributed by atoms with E-state index in [1.54, 1.807) is 12.1 Å². The quantitative estimate of drug-likeness (QED) is 0.792. The highest BCUT2D eigenvalue weighted by atomic mass is 16.5. The molecule has 2 aliphatic rings. The van der Waals surface area contributed by atoms with Gasteiger partial charge in [-0.2, -0.15) is 0 Å². The number of anilines is 1. The number of piperazine rings is 1. The van der Waals surface area contributed by atoms with Crippen molar-refractivity contribution in [3.8, 4) is 0 Å². The molecule has 1 amide bonds. The fraction of sp³-hybridized carbons (Fsp3) is 0.500. The van der Waals surface area contributed by atoms with Gasteiger partial charge in [-0.3, -0.25) is 4.79 Å². The SMILES string of the molecule is COC(=O)c1ccc(N2CCN(C(=O)C3CC3)CC2)cc1. The van der Waals surface area contributed by atoms with E-state index in [1.165, 1.54) is 7.11 Å². The van der Waals surface area contributed by atoms with E-state index in [0.717, 1.165) is 44.7 Å². The van der Waals surface area contributed by atoms with Gasteiger partial charge in [0.15, 0.2) is 0 Å². The molecule has 2 fully saturated rings. The second kappa shape index (κ2) is 5.76. The number of carbonyl (C=O) groups is 2. The number of methoxy groups -OCH3 is 1. The first-order valence-electron chi connectivity index (χ1n) is 7.41. The third-order valence-electron chi connectivity index (χ3n) is 4.17. The van der Waals surface area contributed by atoms with E-state index in [4.69, 9.17) is 4.74 Å². The van der Waals surface area contributed by atoms with Crippen molar-refractivity contribution < 1.29 is 14.3 Å². The molecule has 1 aliphatic heterocycles. The van der Waals surface area contributed by atoms with Gasteiger partial charge in [-0.1, -0.05) is 0 Å². The number of ether oxygens (including phenoxy) is 1. The number of nitrogens with zero attached hydrogens (tertiary/aromatic N) is 2. The van der Waals surface area contributed by atoms with Gasteiger partial charge in [0.2, 0.25) is 5.91 Å². The molecular formula is C16H20N2O3. The summed E-state index contributed by atoms with van der Waals surface area (Å²) in [6.07, 6.45) is 2.13. The molecule has 1 saturated carbocycles. The molecule has 21 heavy (non-hydrogen) atoms. The summed E-state index contributed by atoms with van der Waals surface area (Å²) in [7, 11) is 1.38. The van der Waals surface area contributed by atoms with E-state index in [0.29, 0.717) is 17.4 Å². The third kappa shape index (κ3) is 3.01. The van der Waals surface area contributed by atoms with E-state index in [1.807, 2.05) is 17.0 Å². The number of carbonyl (C=O) groups excluding carboxylic acids is 2. The van der Waals surface area contributed by atoms with Crippen LogP contribution in [-0.2, 0) is 9.53 Å². The van der Waals surface area contributed by atoms with Gasteiger partial charge in [-0.05, 0) is 37.1 Å². The second-order valence-corrected chi connectivity index (χ2v) is 5.63. The van der Waals surface area contributed by atoms with Crippen LogP contribution in [0.1, 0.15) is 23.2 Å². The Morgan fingerprint density at radius 1 is 1.05 bits per heavy atom. The molecule has 1 aromatic rings. The lowest BCUT2D eigenvalue weighted by atomic mass is 10.1. The maximum Gasteiger partial charge on any atom is 0.337 e. The molecule has 112 valence electrons. The number of benzene rings is 1. The molecule has 5 nitrogen and oxygen atoms in total. The average molecular weight is 288 g/mol. The standard InChI is InChI=1S/C16H20N2O3/c1-21-16(20)13-4-6-14(7-5-13)17-8-10-18(11-9-17)15(19)12-2-3-12/h4-7,12H,2-3,8-11H2,1H3. The van der Waals surface area contributed by atoms with Crippen molar-refractivity contribution in [2.24, 2.45) is 5.92 Å². The van der Waals surface area contributed by atoms with Crippen LogP contribution in [0, 0.1) is 5.92 Å². The highest BCUT2D eigenvalue weighted by Gasteiger charge is 2.34. The zero-order valence-corrected chi connectivity index (χ0v) is 12.2. The van der Waals surface area contributed by atoms with Crippen LogP contribution in [0.15, 0.2) is 24.3 Å². The van der Waals surface area contributed by atoms with Crippen molar-refractivity contribution in [3.05, 3.63) is 29.8 Å². The Bertz CT molecular complexity index is 529. The van der Waals surface area contributed by atoms with Crippen LogP contribution in [0.5, 0.6) is 0 Å². The zero-order chi connectivity index (χ0) is 14.8. The summed E-state index contributed by atoms with van der Waals surface area (Å²) in [4.78, 5) is 27.7. The minimum absolute atomic E-state index is 0.302. The molecule has 0 aromatic heterocycles. The molecule has 3 rings (SSSR count). The lowest BCUT2D eigenvalue weighted by molar-refractivity contribution is -0.132. The van der Waals surface area contributed by atoms with Crippen molar-refractivity contribution in [3.63, 3.8) is 0 Å². The number of hydrogen-bond donors (Lipinski definition) is 0. The molecule has 0 spiro atoms. The first-order chi connectivity index (χ1) is 10.2. The Labute approximate surface area is 124 Å². The van der Waals surface area contributed by atoms with E-state index >= 15 is 0 Å². The monoisotopic (exact) mass is 288 g/mol. The number of esters is 1. The summed E-state index contributed by atoms with van der Waals surface area (Å²) in [5, 5.41) is 0. The summed E-state index contributed by atoms with van der Waals surface area (Å²) < 4.78 is 4.69. The van der Waals surface area contributed by atoms with Gasteiger partial charge in [0.1, 0.15) is 0 Å². The van der Waals surface area contributed by atoms with Crippen molar-refractivity contribution in [1.29, 1.82) is 0 Å². The largest absolute Gasteiger partial charge is 0.465 e. The highest BCUT2D eigenvalue weighted by molar-refractivity contribution is 5.89. The minimum atomic E-state index is -0.318. The topological polar surface area (TPSA) is 49.9 Å². The molecule has 0 bridgehead atoms. The average Bonchev–Trinajstić information content (AvgIpc) is 3.39.